The summed E-state index contributed by atoms with van der Waals surface area (Å²) in [6.07, 6.45) is 63.3. The van der Waals surface area contributed by atoms with E-state index in [1.54, 1.807) is 6.08 Å². The van der Waals surface area contributed by atoms with Crippen LogP contribution >= 0.6 is 0 Å². The molecule has 0 aromatic rings. The fourth-order valence-electron chi connectivity index (χ4n) is 11.4. The van der Waals surface area contributed by atoms with Gasteiger partial charge >= 0.3 is 5.97 Å². The summed E-state index contributed by atoms with van der Waals surface area (Å²) in [5.41, 5.74) is 0. The fraction of sp³-hybridized carbons (Fsp3) is 0.889. The minimum atomic E-state index is -1.61. The zero-order valence-corrected chi connectivity index (χ0v) is 54.3. The summed E-state index contributed by atoms with van der Waals surface area (Å²) in [7, 11) is 0. The maximum absolute atomic E-state index is 13.5. The van der Waals surface area contributed by atoms with Crippen molar-refractivity contribution in [1.82, 2.24) is 5.32 Å². The van der Waals surface area contributed by atoms with E-state index in [4.69, 9.17) is 14.2 Å². The van der Waals surface area contributed by atoms with E-state index in [-0.39, 0.29) is 19.4 Å². The van der Waals surface area contributed by atoms with Gasteiger partial charge in [0.05, 0.1) is 25.4 Å². The number of carbonyl (C=O) groups excluding carboxylic acids is 2. The smallest absolute Gasteiger partial charge is 0.306 e. The maximum Gasteiger partial charge on any atom is 0.306 e. The van der Waals surface area contributed by atoms with Gasteiger partial charge in [0, 0.05) is 6.42 Å². The highest BCUT2D eigenvalue weighted by molar-refractivity contribution is 5.80. The predicted molar refractivity (Wildman–Crippen MR) is 347 cm³/mol. The summed E-state index contributed by atoms with van der Waals surface area (Å²) in [5, 5.41) is 57.2. The van der Waals surface area contributed by atoms with Gasteiger partial charge < -0.3 is 45.1 Å². The number of aliphatic hydroxyl groups excluding tert-OH is 5. The standard InChI is InChI=1S/C72H135NO10/c1-4-7-10-13-16-19-22-25-27-29-31-32-33-34-35-37-39-42-45-48-51-54-57-60-67(77)83-70-69(79)68(78)66(61-74)82-72(70)81-62-63(64(75)58-55-52-49-46-43-40-24-21-18-15-12-9-6-3)73-71(80)65(76)59-56-53-50-47-44-41-38-36-30-28-26-23-20-17-14-11-8-5-2/h17,20,26,28,55,58,63-66,68-70,72,74-76,78-79H,4-16,18-19,21-25,27,29-54,56-57,59-62H2,1-3H3,(H,73,80)/b20-17-,28-26-,58-55+. The first-order valence-corrected chi connectivity index (χ1v) is 35.8. The molecule has 0 aliphatic carbocycles. The van der Waals surface area contributed by atoms with Crippen molar-refractivity contribution in [1.29, 1.82) is 0 Å². The van der Waals surface area contributed by atoms with E-state index in [9.17, 15) is 35.1 Å². The molecule has 488 valence electrons. The van der Waals surface area contributed by atoms with Gasteiger partial charge in [-0.2, -0.15) is 0 Å². The molecule has 1 amide bonds. The zero-order chi connectivity index (χ0) is 60.3. The second kappa shape index (κ2) is 60.2. The summed E-state index contributed by atoms with van der Waals surface area (Å²) in [5.74, 6) is -1.18. The summed E-state index contributed by atoms with van der Waals surface area (Å²) in [4.78, 5) is 26.7. The molecule has 0 bridgehead atoms. The number of rotatable bonds is 62. The first kappa shape index (κ1) is 78.9. The third-order valence-electron chi connectivity index (χ3n) is 17.0. The Morgan fingerprint density at radius 2 is 0.831 bits per heavy atom. The van der Waals surface area contributed by atoms with Gasteiger partial charge in [0.15, 0.2) is 12.4 Å². The Kier molecular flexibility index (Phi) is 57.2. The molecule has 1 saturated heterocycles. The van der Waals surface area contributed by atoms with Crippen molar-refractivity contribution in [3.05, 3.63) is 36.5 Å². The Bertz CT molecular complexity index is 1490. The molecule has 0 radical (unpaired) electrons. The van der Waals surface area contributed by atoms with Crippen LogP contribution in [0.4, 0.5) is 0 Å². The molecule has 0 spiro atoms. The molecule has 1 aliphatic rings. The third-order valence-corrected chi connectivity index (χ3v) is 17.0. The molecule has 0 aromatic heterocycles. The lowest BCUT2D eigenvalue weighted by molar-refractivity contribution is -0.305. The van der Waals surface area contributed by atoms with E-state index < -0.39 is 67.4 Å². The molecule has 0 aromatic carbocycles. The highest BCUT2D eigenvalue weighted by Gasteiger charge is 2.47. The average molecular weight is 1170 g/mol. The predicted octanol–water partition coefficient (Wildman–Crippen LogP) is 18.2. The van der Waals surface area contributed by atoms with Crippen molar-refractivity contribution in [3.8, 4) is 0 Å². The number of nitrogens with one attached hydrogen (secondary N) is 1. The van der Waals surface area contributed by atoms with Gasteiger partial charge in [0.1, 0.15) is 24.4 Å². The van der Waals surface area contributed by atoms with Crippen LogP contribution in [0, 0.1) is 0 Å². The van der Waals surface area contributed by atoms with Gasteiger partial charge in [-0.1, -0.05) is 320 Å². The van der Waals surface area contributed by atoms with Crippen LogP contribution in [0.3, 0.4) is 0 Å². The number of allylic oxidation sites excluding steroid dienone is 5. The highest BCUT2D eigenvalue weighted by atomic mass is 16.7. The Morgan fingerprint density at radius 1 is 0.470 bits per heavy atom. The van der Waals surface area contributed by atoms with Crippen molar-refractivity contribution >= 4 is 11.9 Å². The molecule has 8 atom stereocenters. The Hall–Kier alpha value is -2.12. The van der Waals surface area contributed by atoms with Gasteiger partial charge in [-0.3, -0.25) is 9.59 Å². The Labute approximate surface area is 511 Å². The van der Waals surface area contributed by atoms with E-state index in [0.717, 1.165) is 70.6 Å². The van der Waals surface area contributed by atoms with Crippen LogP contribution in [-0.2, 0) is 23.8 Å². The monoisotopic (exact) mass is 1170 g/mol. The third kappa shape index (κ3) is 47.6. The van der Waals surface area contributed by atoms with Crippen molar-refractivity contribution in [2.24, 2.45) is 0 Å². The summed E-state index contributed by atoms with van der Waals surface area (Å²) >= 11 is 0. The van der Waals surface area contributed by atoms with Gasteiger partial charge in [-0.05, 0) is 57.8 Å². The van der Waals surface area contributed by atoms with Crippen LogP contribution in [0.2, 0.25) is 0 Å². The van der Waals surface area contributed by atoms with Crippen LogP contribution in [0.15, 0.2) is 36.5 Å². The molecular formula is C72H135NO10. The number of amides is 1. The molecular weight excluding hydrogens is 1040 g/mol. The van der Waals surface area contributed by atoms with Gasteiger partial charge in [0.2, 0.25) is 5.91 Å². The maximum atomic E-state index is 13.5. The number of hydrogen-bond acceptors (Lipinski definition) is 10. The van der Waals surface area contributed by atoms with Crippen LogP contribution in [0.1, 0.15) is 348 Å². The number of hydrogen-bond donors (Lipinski definition) is 6. The first-order valence-electron chi connectivity index (χ1n) is 35.8. The van der Waals surface area contributed by atoms with Crippen molar-refractivity contribution in [2.45, 2.75) is 397 Å². The van der Waals surface area contributed by atoms with Gasteiger partial charge in [0.25, 0.3) is 0 Å². The van der Waals surface area contributed by atoms with E-state index in [0.29, 0.717) is 12.8 Å². The van der Waals surface area contributed by atoms with Crippen LogP contribution < -0.4 is 5.32 Å². The largest absolute Gasteiger partial charge is 0.454 e. The van der Waals surface area contributed by atoms with Crippen LogP contribution in [0.5, 0.6) is 0 Å². The minimum absolute atomic E-state index is 0.129. The molecule has 1 fully saturated rings. The normalized spacial score (nSPS) is 18.7. The van der Waals surface area contributed by atoms with Crippen molar-refractivity contribution in [2.75, 3.05) is 13.2 Å². The fourth-order valence-corrected chi connectivity index (χ4v) is 11.4. The molecule has 0 saturated carbocycles. The number of unbranched alkanes of at least 4 members (excludes halogenated alkanes) is 44. The van der Waals surface area contributed by atoms with E-state index in [2.05, 4.69) is 50.4 Å². The van der Waals surface area contributed by atoms with Crippen molar-refractivity contribution in [3.63, 3.8) is 0 Å². The second-order valence-electron chi connectivity index (χ2n) is 25.0. The topological polar surface area (TPSA) is 175 Å². The van der Waals surface area contributed by atoms with E-state index in [1.807, 2.05) is 6.08 Å². The number of esters is 1. The molecule has 1 aliphatic heterocycles. The minimum Gasteiger partial charge on any atom is -0.454 e. The molecule has 1 heterocycles. The lowest BCUT2D eigenvalue weighted by Crippen LogP contribution is -2.61. The lowest BCUT2D eigenvalue weighted by atomic mass is 9.99. The average Bonchev–Trinajstić information content (AvgIpc) is 3.54. The van der Waals surface area contributed by atoms with Crippen LogP contribution in [-0.4, -0.2) is 99.6 Å². The summed E-state index contributed by atoms with van der Waals surface area (Å²) in [6.45, 7) is 5.82. The number of aliphatic hydroxyl groups is 5. The molecule has 6 N–H and O–H groups in total. The van der Waals surface area contributed by atoms with E-state index >= 15 is 0 Å². The van der Waals surface area contributed by atoms with Crippen LogP contribution in [0.25, 0.3) is 0 Å². The second-order valence-corrected chi connectivity index (χ2v) is 25.0. The van der Waals surface area contributed by atoms with Crippen molar-refractivity contribution < 1.29 is 49.3 Å². The molecule has 8 unspecified atom stereocenters. The highest BCUT2D eigenvalue weighted by Crippen LogP contribution is 2.26. The van der Waals surface area contributed by atoms with Gasteiger partial charge in [-0.15, -0.1) is 0 Å². The molecule has 11 nitrogen and oxygen atoms in total. The SMILES string of the molecule is CCCCC/C=C\C/C=C\CCCCCCCCCCC(O)C(=O)NC(COC1OC(CO)C(O)C(O)C1OC(=O)CCCCCCCCCCCCCCCCCCCCCCCCC)C(O)/C=C/CCCCCCCCCCCCC. The molecule has 11 heteroatoms. The molecule has 83 heavy (non-hydrogen) atoms. The number of ether oxygens (including phenoxy) is 3. The number of carbonyl (C=O) groups is 2. The Balaban J connectivity index is 2.58. The van der Waals surface area contributed by atoms with Gasteiger partial charge in [-0.25, -0.2) is 0 Å². The summed E-state index contributed by atoms with van der Waals surface area (Å²) in [6, 6.07) is -1.02. The zero-order valence-electron chi connectivity index (χ0n) is 54.3. The Morgan fingerprint density at radius 3 is 1.25 bits per heavy atom. The lowest BCUT2D eigenvalue weighted by Gasteiger charge is -2.41. The molecule has 1 rings (SSSR count). The first-order chi connectivity index (χ1) is 40.7. The quantitative estimate of drug-likeness (QED) is 0.0195. The summed E-state index contributed by atoms with van der Waals surface area (Å²) < 4.78 is 17.7. The van der Waals surface area contributed by atoms with E-state index in [1.165, 1.54) is 231 Å².